The van der Waals surface area contributed by atoms with Gasteiger partial charge < -0.3 is 15.4 Å². The molecule has 2 heterocycles. The highest BCUT2D eigenvalue weighted by Crippen LogP contribution is 2.24. The number of pyridine rings is 1. The minimum atomic E-state index is -0.503. The van der Waals surface area contributed by atoms with Crippen molar-refractivity contribution in [3.05, 3.63) is 60.2 Å². The summed E-state index contributed by atoms with van der Waals surface area (Å²) < 4.78 is 19.6. The number of aromatic nitrogens is 1. The topological polar surface area (TPSA) is 68.5 Å². The average Bonchev–Trinajstić information content (AvgIpc) is 3.02. The van der Waals surface area contributed by atoms with E-state index >= 15 is 0 Å². The highest BCUT2D eigenvalue weighted by molar-refractivity contribution is 5.92. The molecule has 124 valence electrons. The van der Waals surface area contributed by atoms with Crippen LogP contribution in [0.5, 0.6) is 11.5 Å². The number of hydrogen-bond acceptors (Lipinski definition) is 4. The Labute approximate surface area is 139 Å². The number of likely N-dealkylation sites (tertiary alicyclic amines) is 1. The molecule has 2 N–H and O–H groups in total. The van der Waals surface area contributed by atoms with Crippen LogP contribution in [0, 0.1) is 5.82 Å². The molecular formula is C18H18FN3O2. The summed E-state index contributed by atoms with van der Waals surface area (Å²) in [6.07, 6.45) is 6.96. The summed E-state index contributed by atoms with van der Waals surface area (Å²) in [6.45, 7) is 1.23. The average molecular weight is 327 g/mol. The molecule has 1 aromatic heterocycles. The highest BCUT2D eigenvalue weighted by atomic mass is 19.1. The Hall–Kier alpha value is -2.73. The van der Waals surface area contributed by atoms with E-state index in [1.54, 1.807) is 35.4 Å². The lowest BCUT2D eigenvalue weighted by molar-refractivity contribution is -0.124. The Morgan fingerprint density at radius 2 is 2.29 bits per heavy atom. The summed E-state index contributed by atoms with van der Waals surface area (Å²) in [6, 6.07) is 7.99. The van der Waals surface area contributed by atoms with Crippen LogP contribution >= 0.6 is 0 Å². The van der Waals surface area contributed by atoms with Crippen LogP contribution in [-0.2, 0) is 4.79 Å². The quantitative estimate of drug-likeness (QED) is 0.877. The lowest BCUT2D eigenvalue weighted by atomic mass is 10.2. The molecule has 1 atom stereocenters. The fourth-order valence-corrected chi connectivity index (χ4v) is 2.50. The Balaban J connectivity index is 1.66. The zero-order valence-corrected chi connectivity index (χ0v) is 13.1. The lowest BCUT2D eigenvalue weighted by Crippen LogP contribution is -2.30. The maximum Gasteiger partial charge on any atom is 0.246 e. The van der Waals surface area contributed by atoms with E-state index in [2.05, 4.69) is 4.98 Å². The molecule has 1 aromatic carbocycles. The first kappa shape index (κ1) is 16.1. The number of benzene rings is 1. The summed E-state index contributed by atoms with van der Waals surface area (Å²) in [5.74, 6) is -0.0482. The second-order valence-electron chi connectivity index (χ2n) is 5.65. The predicted molar refractivity (Wildman–Crippen MR) is 88.9 cm³/mol. The van der Waals surface area contributed by atoms with E-state index in [1.807, 2.05) is 0 Å². The molecule has 0 bridgehead atoms. The van der Waals surface area contributed by atoms with Crippen molar-refractivity contribution in [1.29, 1.82) is 0 Å². The van der Waals surface area contributed by atoms with Gasteiger partial charge in [0.2, 0.25) is 5.91 Å². The Morgan fingerprint density at radius 1 is 1.42 bits per heavy atom. The number of rotatable bonds is 4. The van der Waals surface area contributed by atoms with E-state index in [0.29, 0.717) is 24.4 Å². The number of hydrogen-bond donors (Lipinski definition) is 1. The smallest absolute Gasteiger partial charge is 0.246 e. The number of carbonyl (C=O) groups excluding carboxylic acids is 1. The van der Waals surface area contributed by atoms with Gasteiger partial charge in [-0.1, -0.05) is 6.07 Å². The van der Waals surface area contributed by atoms with Crippen LogP contribution in [0.1, 0.15) is 12.0 Å². The van der Waals surface area contributed by atoms with Crippen LogP contribution in [0.2, 0.25) is 0 Å². The Kier molecular flexibility index (Phi) is 4.86. The van der Waals surface area contributed by atoms with Crippen LogP contribution in [-0.4, -0.2) is 34.9 Å². The SMILES string of the molecule is N[C@H]1CCN(C(=O)C=Cc2ccc(Oc3cccnc3)c(F)c2)C1. The predicted octanol–water partition coefficient (Wildman–Crippen LogP) is 2.59. The van der Waals surface area contributed by atoms with Gasteiger partial charge in [0, 0.05) is 31.4 Å². The molecule has 0 unspecified atom stereocenters. The van der Waals surface area contributed by atoms with E-state index in [4.69, 9.17) is 10.5 Å². The fourth-order valence-electron chi connectivity index (χ4n) is 2.50. The third-order valence-electron chi connectivity index (χ3n) is 3.77. The van der Waals surface area contributed by atoms with Crippen LogP contribution < -0.4 is 10.5 Å². The monoisotopic (exact) mass is 327 g/mol. The van der Waals surface area contributed by atoms with Gasteiger partial charge in [-0.15, -0.1) is 0 Å². The third-order valence-corrected chi connectivity index (χ3v) is 3.77. The number of amides is 1. The number of nitrogens with two attached hydrogens (primary N) is 1. The molecule has 0 aliphatic carbocycles. The molecule has 1 aliphatic rings. The lowest BCUT2D eigenvalue weighted by Gasteiger charge is -2.12. The van der Waals surface area contributed by atoms with Crippen molar-refractivity contribution >= 4 is 12.0 Å². The van der Waals surface area contributed by atoms with Crippen LogP contribution in [0.3, 0.4) is 0 Å². The van der Waals surface area contributed by atoms with Gasteiger partial charge in [0.15, 0.2) is 11.6 Å². The van der Waals surface area contributed by atoms with Gasteiger partial charge in [0.05, 0.1) is 6.20 Å². The van der Waals surface area contributed by atoms with E-state index in [1.165, 1.54) is 24.4 Å². The van der Waals surface area contributed by atoms with Crippen LogP contribution in [0.25, 0.3) is 6.08 Å². The first-order chi connectivity index (χ1) is 11.6. The van der Waals surface area contributed by atoms with E-state index in [-0.39, 0.29) is 17.7 Å². The minimum absolute atomic E-state index is 0.0451. The highest BCUT2D eigenvalue weighted by Gasteiger charge is 2.21. The standard InChI is InChI=1S/C18H18FN3O2/c19-16-10-13(4-6-18(23)22-9-7-14(20)12-22)3-5-17(16)24-15-2-1-8-21-11-15/h1-6,8,10-11,14H,7,9,12,20H2/t14-/m0/s1. The van der Waals surface area contributed by atoms with Gasteiger partial charge in [0.1, 0.15) is 5.75 Å². The molecule has 5 nitrogen and oxygen atoms in total. The zero-order valence-electron chi connectivity index (χ0n) is 13.1. The molecule has 1 fully saturated rings. The maximum atomic E-state index is 14.1. The maximum absolute atomic E-state index is 14.1. The molecule has 24 heavy (non-hydrogen) atoms. The fraction of sp³-hybridized carbons (Fsp3) is 0.222. The first-order valence-corrected chi connectivity index (χ1v) is 7.72. The molecule has 0 radical (unpaired) electrons. The molecule has 6 heteroatoms. The van der Waals surface area contributed by atoms with Crippen LogP contribution in [0.15, 0.2) is 48.8 Å². The molecule has 3 rings (SSSR count). The van der Waals surface area contributed by atoms with E-state index in [0.717, 1.165) is 6.42 Å². The van der Waals surface area contributed by atoms with Gasteiger partial charge in [-0.05, 0) is 42.3 Å². The van der Waals surface area contributed by atoms with Gasteiger partial charge in [-0.25, -0.2) is 4.39 Å². The molecule has 0 spiro atoms. The molecule has 1 saturated heterocycles. The van der Waals surface area contributed by atoms with Crippen molar-refractivity contribution in [2.45, 2.75) is 12.5 Å². The van der Waals surface area contributed by atoms with E-state index in [9.17, 15) is 9.18 Å². The van der Waals surface area contributed by atoms with E-state index < -0.39 is 5.82 Å². The second kappa shape index (κ2) is 7.23. The molecule has 1 aliphatic heterocycles. The van der Waals surface area contributed by atoms with Crippen molar-refractivity contribution in [2.24, 2.45) is 5.73 Å². The number of carbonyl (C=O) groups is 1. The normalized spacial score (nSPS) is 17.4. The van der Waals surface area contributed by atoms with Gasteiger partial charge in [-0.2, -0.15) is 0 Å². The Morgan fingerprint density at radius 3 is 2.96 bits per heavy atom. The van der Waals surface area contributed by atoms with Crippen LogP contribution in [0.4, 0.5) is 4.39 Å². The molecular weight excluding hydrogens is 309 g/mol. The molecule has 1 amide bonds. The number of halogens is 1. The van der Waals surface area contributed by atoms with Crippen molar-refractivity contribution in [2.75, 3.05) is 13.1 Å². The number of ether oxygens (including phenoxy) is 1. The van der Waals surface area contributed by atoms with Crippen molar-refractivity contribution < 1.29 is 13.9 Å². The van der Waals surface area contributed by atoms with Crippen molar-refractivity contribution in [1.82, 2.24) is 9.88 Å². The minimum Gasteiger partial charge on any atom is -0.453 e. The summed E-state index contributed by atoms with van der Waals surface area (Å²) in [5, 5.41) is 0. The third kappa shape index (κ3) is 3.97. The summed E-state index contributed by atoms with van der Waals surface area (Å²) in [4.78, 5) is 17.6. The molecule has 0 saturated carbocycles. The summed E-state index contributed by atoms with van der Waals surface area (Å²) in [7, 11) is 0. The van der Waals surface area contributed by atoms with Gasteiger partial charge in [0.25, 0.3) is 0 Å². The molecule has 2 aromatic rings. The second-order valence-corrected chi connectivity index (χ2v) is 5.65. The summed E-state index contributed by atoms with van der Waals surface area (Å²) in [5.41, 5.74) is 6.37. The van der Waals surface area contributed by atoms with Gasteiger partial charge >= 0.3 is 0 Å². The summed E-state index contributed by atoms with van der Waals surface area (Å²) >= 11 is 0. The van der Waals surface area contributed by atoms with Gasteiger partial charge in [-0.3, -0.25) is 9.78 Å². The van der Waals surface area contributed by atoms with Crippen molar-refractivity contribution in [3.63, 3.8) is 0 Å². The number of nitrogens with zero attached hydrogens (tertiary/aromatic N) is 2. The zero-order chi connectivity index (χ0) is 16.9. The first-order valence-electron chi connectivity index (χ1n) is 7.72. The Bertz CT molecular complexity index is 749. The largest absolute Gasteiger partial charge is 0.453 e. The van der Waals surface area contributed by atoms with Crippen molar-refractivity contribution in [3.8, 4) is 11.5 Å².